The van der Waals surface area contributed by atoms with Crippen LogP contribution in [0.25, 0.3) is 44.8 Å². The van der Waals surface area contributed by atoms with Gasteiger partial charge in [-0.2, -0.15) is 10.5 Å². The molecular weight excluding hydrogens is 825 g/mol. The van der Waals surface area contributed by atoms with Crippen LogP contribution in [0.1, 0.15) is 29.0 Å². The molecule has 0 aliphatic heterocycles. The fourth-order valence-corrected chi connectivity index (χ4v) is 8.95. The van der Waals surface area contributed by atoms with Gasteiger partial charge in [0, 0.05) is 45.5 Å². The van der Waals surface area contributed by atoms with Gasteiger partial charge in [-0.3, -0.25) is 9.59 Å². The fraction of sp³-hybridized carbons (Fsp3) is 0.137. The van der Waals surface area contributed by atoms with Crippen molar-refractivity contribution in [2.24, 2.45) is 0 Å². The molecule has 12 heteroatoms. The summed E-state index contributed by atoms with van der Waals surface area (Å²) in [6.45, 7) is 0. The Kier molecular flexibility index (Phi) is 13.1. The first kappa shape index (κ1) is 42.3. The highest BCUT2D eigenvalue weighted by Gasteiger charge is 2.39. The second-order valence-corrected chi connectivity index (χ2v) is 16.6. The molecule has 1 aliphatic rings. The molecule has 7 aromatic rings. The summed E-state index contributed by atoms with van der Waals surface area (Å²) in [5, 5.41) is 27.9. The number of aromatic nitrogens is 2. The van der Waals surface area contributed by atoms with Crippen LogP contribution in [-0.2, 0) is 9.59 Å². The Hall–Kier alpha value is -7.38. The molecule has 63 heavy (non-hydrogen) atoms. The van der Waals surface area contributed by atoms with Crippen molar-refractivity contribution in [3.05, 3.63) is 162 Å². The van der Waals surface area contributed by atoms with Crippen molar-refractivity contribution in [3.8, 4) is 68.4 Å². The van der Waals surface area contributed by atoms with Gasteiger partial charge >= 0.3 is 0 Å². The molecular formula is C51H40N6O4S2. The van der Waals surface area contributed by atoms with E-state index in [2.05, 4.69) is 28.8 Å². The molecule has 0 radical (unpaired) electrons. The second-order valence-electron chi connectivity index (χ2n) is 14.6. The van der Waals surface area contributed by atoms with Crippen molar-refractivity contribution in [2.75, 3.05) is 31.0 Å². The van der Waals surface area contributed by atoms with E-state index in [9.17, 15) is 20.1 Å². The lowest BCUT2D eigenvalue weighted by Gasteiger charge is -2.15. The molecule has 2 atom stereocenters. The maximum absolute atomic E-state index is 13.5. The maximum atomic E-state index is 13.5. The van der Waals surface area contributed by atoms with Crippen LogP contribution >= 0.6 is 23.5 Å². The normalized spacial score (nSPS) is 13.8. The number of amides is 2. The van der Waals surface area contributed by atoms with Gasteiger partial charge in [0.1, 0.15) is 33.7 Å². The van der Waals surface area contributed by atoms with Gasteiger partial charge < -0.3 is 20.1 Å². The van der Waals surface area contributed by atoms with Crippen LogP contribution in [0.2, 0.25) is 0 Å². The smallest absolute Gasteiger partial charge is 0.234 e. The number of thioether (sulfide) groups is 2. The molecule has 2 unspecified atom stereocenters. The third-order valence-corrected chi connectivity index (χ3v) is 12.5. The average molecular weight is 865 g/mol. The Morgan fingerprint density at radius 1 is 0.635 bits per heavy atom. The maximum Gasteiger partial charge on any atom is 0.234 e. The molecule has 2 heterocycles. The minimum absolute atomic E-state index is 0.0450. The van der Waals surface area contributed by atoms with E-state index in [0.29, 0.717) is 55.3 Å². The van der Waals surface area contributed by atoms with Crippen LogP contribution in [0.15, 0.2) is 156 Å². The third kappa shape index (κ3) is 9.90. The summed E-state index contributed by atoms with van der Waals surface area (Å²) in [5.41, 5.74) is 8.49. The Labute approximate surface area is 374 Å². The first-order valence-corrected chi connectivity index (χ1v) is 22.1. The topological polar surface area (TPSA) is 150 Å². The number of hydrogen-bond donors (Lipinski definition) is 2. The van der Waals surface area contributed by atoms with E-state index in [1.165, 1.54) is 23.5 Å². The van der Waals surface area contributed by atoms with Gasteiger partial charge in [-0.25, -0.2) is 9.97 Å². The molecule has 0 bridgehead atoms. The van der Waals surface area contributed by atoms with Crippen molar-refractivity contribution in [2.45, 2.75) is 28.4 Å². The molecule has 310 valence electrons. The summed E-state index contributed by atoms with van der Waals surface area (Å²) >= 11 is 2.45. The number of carbonyl (C=O) groups excluding carboxylic acids is 2. The first-order chi connectivity index (χ1) is 30.8. The number of benzene rings is 5. The number of hydrogen-bond acceptors (Lipinski definition) is 10. The number of pyridine rings is 2. The number of nitrogens with one attached hydrogen (secondary N) is 2. The average Bonchev–Trinajstić information content (AvgIpc) is 4.11. The van der Waals surface area contributed by atoms with Crippen LogP contribution in [0.4, 0.5) is 5.69 Å². The largest absolute Gasteiger partial charge is 0.497 e. The standard InChI is InChI=1S/C51H40N6O4S2/c1-60-37-22-20-32(21-23-37)39-25-44(33-12-5-3-6-13-33)56-50(42(39)28-52)63-31-49(59)55-46-26-40(46)34-14-11-15-35(24-34)45-27-41(38-18-9-10-19-47(38)61-2)43(29-53)51(57-45)62-30-48(58)54-36-16-7-4-8-17-36/h3-25,27,40,46H,26,30-31H2,1-2H3,(H,54,58)(H,55,59). The van der Waals surface area contributed by atoms with E-state index >= 15 is 0 Å². The lowest BCUT2D eigenvalue weighted by atomic mass is 9.97. The Morgan fingerprint density at radius 2 is 1.24 bits per heavy atom. The highest BCUT2D eigenvalue weighted by molar-refractivity contribution is 8.00. The molecule has 2 amide bonds. The second kappa shape index (κ2) is 19.6. The van der Waals surface area contributed by atoms with Crippen LogP contribution in [0, 0.1) is 22.7 Å². The zero-order chi connectivity index (χ0) is 43.7. The van der Waals surface area contributed by atoms with Crippen LogP contribution in [-0.4, -0.2) is 53.5 Å². The predicted octanol–water partition coefficient (Wildman–Crippen LogP) is 10.4. The first-order valence-electron chi connectivity index (χ1n) is 20.1. The number of anilines is 1. The number of nitriles is 2. The number of rotatable bonds is 15. The van der Waals surface area contributed by atoms with Crippen LogP contribution in [0.5, 0.6) is 11.5 Å². The van der Waals surface area contributed by atoms with E-state index in [1.54, 1.807) is 14.2 Å². The fourth-order valence-electron chi connectivity index (χ4n) is 7.34. The van der Waals surface area contributed by atoms with Gasteiger partial charge in [-0.1, -0.05) is 121 Å². The molecule has 0 saturated heterocycles. The Morgan fingerprint density at radius 3 is 1.92 bits per heavy atom. The van der Waals surface area contributed by atoms with Gasteiger partial charge in [-0.05, 0) is 66.1 Å². The number of methoxy groups -OCH3 is 2. The minimum Gasteiger partial charge on any atom is -0.497 e. The van der Waals surface area contributed by atoms with Crippen molar-refractivity contribution < 1.29 is 19.1 Å². The highest BCUT2D eigenvalue weighted by atomic mass is 32.2. The highest BCUT2D eigenvalue weighted by Crippen LogP contribution is 2.43. The minimum atomic E-state index is -0.218. The van der Waals surface area contributed by atoms with Crippen LogP contribution in [0.3, 0.4) is 0 Å². The van der Waals surface area contributed by atoms with Crippen molar-refractivity contribution >= 4 is 41.0 Å². The van der Waals surface area contributed by atoms with E-state index in [-0.39, 0.29) is 35.3 Å². The van der Waals surface area contributed by atoms with E-state index in [4.69, 9.17) is 19.4 Å². The van der Waals surface area contributed by atoms with Gasteiger partial charge in [-0.15, -0.1) is 0 Å². The molecule has 1 saturated carbocycles. The summed E-state index contributed by atoms with van der Waals surface area (Å²) < 4.78 is 11.1. The molecule has 1 aliphatic carbocycles. The van der Waals surface area contributed by atoms with Gasteiger partial charge in [0.05, 0.1) is 48.2 Å². The zero-order valence-corrected chi connectivity index (χ0v) is 36.0. The van der Waals surface area contributed by atoms with Crippen molar-refractivity contribution in [1.29, 1.82) is 10.5 Å². The summed E-state index contributed by atoms with van der Waals surface area (Å²) in [4.78, 5) is 36.4. The number of ether oxygens (including phenoxy) is 2. The summed E-state index contributed by atoms with van der Waals surface area (Å²) in [6.07, 6.45) is 0.761. The lowest BCUT2D eigenvalue weighted by Crippen LogP contribution is -2.28. The summed E-state index contributed by atoms with van der Waals surface area (Å²) in [6, 6.07) is 50.5. The van der Waals surface area contributed by atoms with E-state index < -0.39 is 0 Å². The zero-order valence-electron chi connectivity index (χ0n) is 34.4. The molecule has 0 spiro atoms. The van der Waals surface area contributed by atoms with Crippen molar-refractivity contribution in [1.82, 2.24) is 15.3 Å². The number of nitrogens with zero attached hydrogens (tertiary/aromatic N) is 4. The van der Waals surface area contributed by atoms with Gasteiger partial charge in [0.25, 0.3) is 0 Å². The molecule has 2 N–H and O–H groups in total. The number of para-hydroxylation sites is 2. The SMILES string of the molecule is COc1ccc(-c2cc(-c3ccccc3)nc(SCC(=O)NC3CC3c3cccc(-c4cc(-c5ccccc5OC)c(C#N)c(SCC(=O)Nc5ccccc5)n4)c3)c2C#N)cc1. The summed E-state index contributed by atoms with van der Waals surface area (Å²) in [7, 11) is 3.20. The van der Waals surface area contributed by atoms with E-state index in [1.807, 2.05) is 140 Å². The summed E-state index contributed by atoms with van der Waals surface area (Å²) in [5.74, 6) is 1.15. The predicted molar refractivity (Wildman–Crippen MR) is 249 cm³/mol. The monoisotopic (exact) mass is 864 g/mol. The molecule has 5 aromatic carbocycles. The molecule has 1 fully saturated rings. The third-order valence-electron chi connectivity index (χ3n) is 10.5. The Bertz CT molecular complexity index is 2880. The van der Waals surface area contributed by atoms with E-state index in [0.717, 1.165) is 39.8 Å². The number of carbonyl (C=O) groups is 2. The Balaban J connectivity index is 1.01. The molecule has 8 rings (SSSR count). The molecule has 2 aromatic heterocycles. The van der Waals surface area contributed by atoms with Crippen molar-refractivity contribution in [3.63, 3.8) is 0 Å². The quantitative estimate of drug-likeness (QED) is 0.0954. The lowest BCUT2D eigenvalue weighted by molar-refractivity contribution is -0.118. The van der Waals surface area contributed by atoms with Gasteiger partial charge in [0.2, 0.25) is 11.8 Å². The van der Waals surface area contributed by atoms with Gasteiger partial charge in [0.15, 0.2) is 0 Å². The van der Waals surface area contributed by atoms with Crippen LogP contribution < -0.4 is 20.1 Å². The molecule has 10 nitrogen and oxygen atoms in total.